The molecule has 0 bridgehead atoms. The third-order valence-corrected chi connectivity index (χ3v) is 3.12. The van der Waals surface area contributed by atoms with Gasteiger partial charge in [-0.05, 0) is 20.8 Å². The lowest BCUT2D eigenvalue weighted by Gasteiger charge is -2.30. The monoisotopic (exact) mass is 238 g/mol. The van der Waals surface area contributed by atoms with Gasteiger partial charge in [0.05, 0.1) is 0 Å². The van der Waals surface area contributed by atoms with E-state index in [-0.39, 0.29) is 18.0 Å². The summed E-state index contributed by atoms with van der Waals surface area (Å²) in [7, 11) is 5.58. The van der Waals surface area contributed by atoms with Crippen LogP contribution in [0.1, 0.15) is 20.8 Å². The Hall–Kier alpha value is -1.52. The van der Waals surface area contributed by atoms with Crippen LogP contribution in [0, 0.1) is 0 Å². The standard InChI is InChI=1S/C12H22N4O/c1-9(2)15(5)12(17)10(3)16(6)11-7-8-14(4)13-11/h7-10H,1-6H3/t10-/m0/s1. The number of carbonyl (C=O) groups is 1. The lowest BCUT2D eigenvalue weighted by Crippen LogP contribution is -2.46. The molecule has 1 amide bonds. The average Bonchev–Trinajstić information content (AvgIpc) is 2.71. The van der Waals surface area contributed by atoms with Crippen LogP contribution in [-0.4, -0.2) is 46.8 Å². The van der Waals surface area contributed by atoms with E-state index in [1.54, 1.807) is 9.58 Å². The summed E-state index contributed by atoms with van der Waals surface area (Å²) in [6.45, 7) is 5.91. The zero-order chi connectivity index (χ0) is 13.2. The number of likely N-dealkylation sites (N-methyl/N-ethyl adjacent to an activating group) is 2. The van der Waals surface area contributed by atoms with Crippen molar-refractivity contribution in [2.75, 3.05) is 19.0 Å². The van der Waals surface area contributed by atoms with Gasteiger partial charge in [0.2, 0.25) is 5.91 Å². The Balaban J connectivity index is 2.76. The van der Waals surface area contributed by atoms with Crippen molar-refractivity contribution in [1.29, 1.82) is 0 Å². The van der Waals surface area contributed by atoms with Crippen molar-refractivity contribution < 1.29 is 4.79 Å². The molecule has 0 aliphatic rings. The van der Waals surface area contributed by atoms with E-state index in [1.807, 2.05) is 59.1 Å². The highest BCUT2D eigenvalue weighted by Crippen LogP contribution is 2.13. The Kier molecular flexibility index (Phi) is 4.15. The molecule has 1 aromatic heterocycles. The number of rotatable bonds is 4. The van der Waals surface area contributed by atoms with Gasteiger partial charge < -0.3 is 9.80 Å². The molecule has 0 radical (unpaired) electrons. The highest BCUT2D eigenvalue weighted by molar-refractivity contribution is 5.84. The van der Waals surface area contributed by atoms with Crippen molar-refractivity contribution >= 4 is 11.7 Å². The van der Waals surface area contributed by atoms with Gasteiger partial charge in [0.25, 0.3) is 0 Å². The fraction of sp³-hybridized carbons (Fsp3) is 0.667. The van der Waals surface area contributed by atoms with Crippen LogP contribution in [0.4, 0.5) is 5.82 Å². The molecule has 1 aromatic rings. The first-order valence-electron chi connectivity index (χ1n) is 5.83. The van der Waals surface area contributed by atoms with Crippen LogP contribution in [-0.2, 0) is 11.8 Å². The summed E-state index contributed by atoms with van der Waals surface area (Å²) in [5.41, 5.74) is 0. The number of carbonyl (C=O) groups excluding carboxylic acids is 1. The minimum absolute atomic E-state index is 0.105. The van der Waals surface area contributed by atoms with E-state index in [1.165, 1.54) is 0 Å². The van der Waals surface area contributed by atoms with E-state index >= 15 is 0 Å². The summed E-state index contributed by atoms with van der Waals surface area (Å²) < 4.78 is 1.73. The molecule has 0 spiro atoms. The first kappa shape index (κ1) is 13.5. The van der Waals surface area contributed by atoms with Crippen LogP contribution in [0.5, 0.6) is 0 Å². The van der Waals surface area contributed by atoms with Crippen LogP contribution in [0.15, 0.2) is 12.3 Å². The Morgan fingerprint density at radius 2 is 1.94 bits per heavy atom. The molecule has 0 aliphatic heterocycles. The van der Waals surface area contributed by atoms with E-state index in [0.717, 1.165) is 5.82 Å². The molecule has 5 nitrogen and oxygen atoms in total. The molecule has 0 aromatic carbocycles. The van der Waals surface area contributed by atoms with Gasteiger partial charge in [0.1, 0.15) is 6.04 Å². The summed E-state index contributed by atoms with van der Waals surface area (Å²) in [5, 5.41) is 4.29. The van der Waals surface area contributed by atoms with Gasteiger partial charge in [-0.25, -0.2) is 0 Å². The Bertz CT molecular complexity index is 386. The third-order valence-electron chi connectivity index (χ3n) is 3.12. The number of amides is 1. The summed E-state index contributed by atoms with van der Waals surface area (Å²) in [6, 6.07) is 1.90. The van der Waals surface area contributed by atoms with Crippen molar-refractivity contribution in [3.05, 3.63) is 12.3 Å². The number of aromatic nitrogens is 2. The predicted octanol–water partition coefficient (Wildman–Crippen LogP) is 1.11. The maximum Gasteiger partial charge on any atom is 0.244 e. The highest BCUT2D eigenvalue weighted by Gasteiger charge is 2.24. The van der Waals surface area contributed by atoms with Gasteiger partial charge in [0.15, 0.2) is 5.82 Å². The first-order valence-corrected chi connectivity index (χ1v) is 5.83. The minimum Gasteiger partial charge on any atom is -0.346 e. The largest absolute Gasteiger partial charge is 0.346 e. The average molecular weight is 238 g/mol. The molecule has 1 rings (SSSR count). The topological polar surface area (TPSA) is 41.4 Å². The lowest BCUT2D eigenvalue weighted by molar-refractivity contribution is -0.132. The third kappa shape index (κ3) is 2.99. The predicted molar refractivity (Wildman–Crippen MR) is 69.0 cm³/mol. The van der Waals surface area contributed by atoms with Crippen LogP contribution >= 0.6 is 0 Å². The minimum atomic E-state index is -0.211. The molecule has 5 heteroatoms. The van der Waals surface area contributed by atoms with Gasteiger partial charge in [0, 0.05) is 39.4 Å². The fourth-order valence-electron chi connectivity index (χ4n) is 1.50. The molecule has 0 fully saturated rings. The van der Waals surface area contributed by atoms with Gasteiger partial charge in [-0.1, -0.05) is 0 Å². The molecule has 0 aliphatic carbocycles. The number of nitrogens with zero attached hydrogens (tertiary/aromatic N) is 4. The summed E-state index contributed by atoms with van der Waals surface area (Å²) >= 11 is 0. The second-order valence-corrected chi connectivity index (χ2v) is 4.68. The molecular weight excluding hydrogens is 216 g/mol. The first-order chi connectivity index (χ1) is 7.84. The van der Waals surface area contributed by atoms with E-state index in [9.17, 15) is 4.79 Å². The SMILES string of the molecule is CC(C)N(C)C(=O)[C@H](C)N(C)c1ccn(C)n1. The van der Waals surface area contributed by atoms with E-state index in [2.05, 4.69) is 5.10 Å². The normalized spacial score (nSPS) is 12.6. The number of anilines is 1. The number of aryl methyl sites for hydroxylation is 1. The Labute approximate surface area is 103 Å². The van der Waals surface area contributed by atoms with Gasteiger partial charge in [-0.15, -0.1) is 0 Å². The Morgan fingerprint density at radius 3 is 2.35 bits per heavy atom. The number of hydrogen-bond donors (Lipinski definition) is 0. The van der Waals surface area contributed by atoms with Gasteiger partial charge >= 0.3 is 0 Å². The Morgan fingerprint density at radius 1 is 1.35 bits per heavy atom. The van der Waals surface area contributed by atoms with Crippen molar-refractivity contribution in [3.63, 3.8) is 0 Å². The second-order valence-electron chi connectivity index (χ2n) is 4.68. The summed E-state index contributed by atoms with van der Waals surface area (Å²) in [5.74, 6) is 0.915. The molecular formula is C12H22N4O. The number of hydrogen-bond acceptors (Lipinski definition) is 3. The second kappa shape index (κ2) is 5.21. The van der Waals surface area contributed by atoms with Gasteiger partial charge in [-0.2, -0.15) is 5.10 Å². The quantitative estimate of drug-likeness (QED) is 0.789. The van der Waals surface area contributed by atoms with Gasteiger partial charge in [-0.3, -0.25) is 9.48 Å². The highest BCUT2D eigenvalue weighted by atomic mass is 16.2. The lowest BCUT2D eigenvalue weighted by atomic mass is 10.2. The molecule has 0 unspecified atom stereocenters. The summed E-state index contributed by atoms with van der Waals surface area (Å²) in [4.78, 5) is 15.8. The smallest absolute Gasteiger partial charge is 0.244 e. The van der Waals surface area contributed by atoms with Crippen LogP contribution in [0.25, 0.3) is 0 Å². The fourth-order valence-corrected chi connectivity index (χ4v) is 1.50. The molecule has 17 heavy (non-hydrogen) atoms. The van der Waals surface area contributed by atoms with E-state index in [0.29, 0.717) is 0 Å². The zero-order valence-corrected chi connectivity index (χ0v) is 11.5. The zero-order valence-electron chi connectivity index (χ0n) is 11.5. The van der Waals surface area contributed by atoms with Crippen LogP contribution in [0.3, 0.4) is 0 Å². The van der Waals surface area contributed by atoms with Crippen molar-refractivity contribution in [1.82, 2.24) is 14.7 Å². The molecule has 0 saturated heterocycles. The van der Waals surface area contributed by atoms with E-state index in [4.69, 9.17) is 0 Å². The van der Waals surface area contributed by atoms with E-state index < -0.39 is 0 Å². The molecule has 0 N–H and O–H groups in total. The molecule has 1 heterocycles. The molecule has 0 saturated carbocycles. The molecule has 1 atom stereocenters. The molecule has 96 valence electrons. The van der Waals surface area contributed by atoms with Crippen LogP contribution in [0.2, 0.25) is 0 Å². The summed E-state index contributed by atoms with van der Waals surface area (Å²) in [6.07, 6.45) is 1.87. The maximum absolute atomic E-state index is 12.2. The van der Waals surface area contributed by atoms with Crippen molar-refractivity contribution in [2.24, 2.45) is 7.05 Å². The van der Waals surface area contributed by atoms with Crippen molar-refractivity contribution in [2.45, 2.75) is 32.9 Å². The van der Waals surface area contributed by atoms with Crippen LogP contribution < -0.4 is 4.90 Å². The van der Waals surface area contributed by atoms with Crippen molar-refractivity contribution in [3.8, 4) is 0 Å². The maximum atomic E-state index is 12.2.